The van der Waals surface area contributed by atoms with E-state index >= 15 is 0 Å². The van der Waals surface area contributed by atoms with Gasteiger partial charge in [0.1, 0.15) is 0 Å². The summed E-state index contributed by atoms with van der Waals surface area (Å²) in [6, 6.07) is 10.2. The van der Waals surface area contributed by atoms with E-state index < -0.39 is 21.8 Å². The molecule has 0 aliphatic carbocycles. The molecule has 0 radical (unpaired) electrons. The van der Waals surface area contributed by atoms with Gasteiger partial charge in [-0.2, -0.15) is 0 Å². The van der Waals surface area contributed by atoms with Crippen molar-refractivity contribution in [3.8, 4) is 0 Å². The zero-order valence-electron chi connectivity index (χ0n) is 11.2. The van der Waals surface area contributed by atoms with E-state index in [2.05, 4.69) is 5.32 Å². The Morgan fingerprint density at radius 2 is 1.71 bits per heavy atom. The average molecular weight is 315 g/mol. The number of carbonyl (C=O) groups is 2. The SMILES string of the molecule is O=C(O)C(=O)O.O=S1(=O)CCC(NCc2ccccc2)C1. The van der Waals surface area contributed by atoms with Crippen molar-refractivity contribution in [1.29, 1.82) is 0 Å². The molecule has 0 spiro atoms. The number of hydrogen-bond donors (Lipinski definition) is 3. The van der Waals surface area contributed by atoms with Crippen LogP contribution in [-0.2, 0) is 26.0 Å². The summed E-state index contributed by atoms with van der Waals surface area (Å²) in [4.78, 5) is 18.2. The van der Waals surface area contributed by atoms with Gasteiger partial charge in [-0.1, -0.05) is 30.3 Å². The molecule has 0 aromatic heterocycles. The fourth-order valence-corrected chi connectivity index (χ4v) is 3.52. The van der Waals surface area contributed by atoms with Crippen molar-refractivity contribution in [3.63, 3.8) is 0 Å². The third kappa shape index (κ3) is 6.87. The minimum Gasteiger partial charge on any atom is -0.473 e. The second-order valence-corrected chi connectivity index (χ2v) is 6.81. The first kappa shape index (κ1) is 17.1. The molecule has 8 heteroatoms. The van der Waals surface area contributed by atoms with Crippen molar-refractivity contribution in [1.82, 2.24) is 5.32 Å². The van der Waals surface area contributed by atoms with E-state index in [-0.39, 0.29) is 6.04 Å². The fraction of sp³-hybridized carbons (Fsp3) is 0.385. The summed E-state index contributed by atoms with van der Waals surface area (Å²) in [6.07, 6.45) is 0.745. The predicted molar refractivity (Wildman–Crippen MR) is 75.6 cm³/mol. The average Bonchev–Trinajstić information content (AvgIpc) is 2.78. The Hall–Kier alpha value is -1.93. The van der Waals surface area contributed by atoms with Crippen molar-refractivity contribution in [2.45, 2.75) is 19.0 Å². The minimum atomic E-state index is -2.76. The van der Waals surface area contributed by atoms with Gasteiger partial charge in [0.15, 0.2) is 9.84 Å². The number of carboxylic acids is 2. The van der Waals surface area contributed by atoms with Crippen LogP contribution in [0.5, 0.6) is 0 Å². The highest BCUT2D eigenvalue weighted by molar-refractivity contribution is 7.91. The summed E-state index contributed by atoms with van der Waals surface area (Å²) in [5.74, 6) is -3.02. The molecule has 1 fully saturated rings. The molecule has 0 amide bonds. The summed E-state index contributed by atoms with van der Waals surface area (Å²) in [7, 11) is -2.76. The fourth-order valence-electron chi connectivity index (χ4n) is 1.81. The second-order valence-electron chi connectivity index (χ2n) is 4.58. The molecule has 1 unspecified atom stereocenters. The van der Waals surface area contributed by atoms with E-state index in [0.717, 1.165) is 13.0 Å². The van der Waals surface area contributed by atoms with Gasteiger partial charge in [-0.25, -0.2) is 18.0 Å². The lowest BCUT2D eigenvalue weighted by Crippen LogP contribution is -2.29. The molecule has 1 aliphatic heterocycles. The molecule has 1 aromatic rings. The van der Waals surface area contributed by atoms with Crippen molar-refractivity contribution in [2.24, 2.45) is 0 Å². The van der Waals surface area contributed by atoms with Crippen LogP contribution in [0, 0.1) is 0 Å². The van der Waals surface area contributed by atoms with Gasteiger partial charge in [0.2, 0.25) is 0 Å². The first-order chi connectivity index (χ1) is 9.80. The van der Waals surface area contributed by atoms with Gasteiger partial charge in [0.05, 0.1) is 11.5 Å². The number of nitrogens with one attached hydrogen (secondary N) is 1. The largest absolute Gasteiger partial charge is 0.473 e. The molecule has 0 saturated carbocycles. The highest BCUT2D eigenvalue weighted by atomic mass is 32.2. The quantitative estimate of drug-likeness (QED) is 0.677. The molecule has 1 aliphatic rings. The first-order valence-electron chi connectivity index (χ1n) is 6.24. The predicted octanol–water partition coefficient (Wildman–Crippen LogP) is 0.119. The number of sulfone groups is 1. The van der Waals surface area contributed by atoms with E-state index in [1.54, 1.807) is 0 Å². The van der Waals surface area contributed by atoms with Crippen LogP contribution in [0.15, 0.2) is 30.3 Å². The monoisotopic (exact) mass is 315 g/mol. The molecule has 1 aromatic carbocycles. The smallest absolute Gasteiger partial charge is 0.414 e. The van der Waals surface area contributed by atoms with Crippen LogP contribution in [-0.4, -0.2) is 48.1 Å². The zero-order valence-corrected chi connectivity index (χ0v) is 12.0. The van der Waals surface area contributed by atoms with E-state index in [1.165, 1.54) is 5.56 Å². The Bertz CT molecular complexity index is 572. The van der Waals surface area contributed by atoms with E-state index in [4.69, 9.17) is 19.8 Å². The maximum absolute atomic E-state index is 11.2. The summed E-state index contributed by atoms with van der Waals surface area (Å²) in [5, 5.41) is 18.1. The highest BCUT2D eigenvalue weighted by Gasteiger charge is 2.27. The number of benzene rings is 1. The van der Waals surface area contributed by atoms with E-state index in [9.17, 15) is 8.42 Å². The number of aliphatic carboxylic acids is 2. The summed E-state index contributed by atoms with van der Waals surface area (Å²) >= 11 is 0. The lowest BCUT2D eigenvalue weighted by molar-refractivity contribution is -0.159. The Kier molecular flexibility index (Phi) is 6.32. The first-order valence-corrected chi connectivity index (χ1v) is 8.06. The van der Waals surface area contributed by atoms with Crippen LogP contribution in [0.1, 0.15) is 12.0 Å². The Labute approximate surface area is 122 Å². The van der Waals surface area contributed by atoms with Gasteiger partial charge in [-0.05, 0) is 12.0 Å². The third-order valence-electron chi connectivity index (χ3n) is 2.85. The van der Waals surface area contributed by atoms with Gasteiger partial charge < -0.3 is 15.5 Å². The van der Waals surface area contributed by atoms with E-state index in [1.807, 2.05) is 30.3 Å². The third-order valence-corrected chi connectivity index (χ3v) is 4.62. The Balaban J connectivity index is 0.000000315. The molecular formula is C13H17NO6S. The molecule has 116 valence electrons. The van der Waals surface area contributed by atoms with Crippen molar-refractivity contribution < 1.29 is 28.2 Å². The van der Waals surface area contributed by atoms with Crippen LogP contribution in [0.4, 0.5) is 0 Å². The maximum Gasteiger partial charge on any atom is 0.414 e. The zero-order chi connectivity index (χ0) is 15.9. The van der Waals surface area contributed by atoms with Crippen molar-refractivity contribution in [3.05, 3.63) is 35.9 Å². The molecule has 3 N–H and O–H groups in total. The Morgan fingerprint density at radius 1 is 1.14 bits per heavy atom. The normalized spacial score (nSPS) is 19.3. The van der Waals surface area contributed by atoms with Crippen molar-refractivity contribution in [2.75, 3.05) is 11.5 Å². The number of hydrogen-bond acceptors (Lipinski definition) is 5. The summed E-state index contributed by atoms with van der Waals surface area (Å²) in [6.45, 7) is 0.751. The van der Waals surface area contributed by atoms with Gasteiger partial charge in [-0.3, -0.25) is 0 Å². The summed E-state index contributed by atoms with van der Waals surface area (Å²) < 4.78 is 22.4. The number of rotatable bonds is 3. The lowest BCUT2D eigenvalue weighted by Gasteiger charge is -2.10. The molecule has 1 saturated heterocycles. The molecule has 0 bridgehead atoms. The highest BCUT2D eigenvalue weighted by Crippen LogP contribution is 2.11. The topological polar surface area (TPSA) is 121 Å². The van der Waals surface area contributed by atoms with Gasteiger partial charge in [0.25, 0.3) is 0 Å². The van der Waals surface area contributed by atoms with Crippen LogP contribution >= 0.6 is 0 Å². The lowest BCUT2D eigenvalue weighted by atomic mass is 10.2. The standard InChI is InChI=1S/C11H15NO2S.C2H2O4/c13-15(14)7-6-11(9-15)12-8-10-4-2-1-3-5-10;3-1(4)2(5)6/h1-5,11-12H,6-9H2;(H,3,4)(H,5,6). The Morgan fingerprint density at radius 3 is 2.14 bits per heavy atom. The maximum atomic E-state index is 11.2. The van der Waals surface area contributed by atoms with Gasteiger partial charge in [0, 0.05) is 12.6 Å². The summed E-state index contributed by atoms with van der Waals surface area (Å²) in [5.41, 5.74) is 1.20. The van der Waals surface area contributed by atoms with Gasteiger partial charge in [-0.15, -0.1) is 0 Å². The van der Waals surface area contributed by atoms with Crippen LogP contribution in [0.25, 0.3) is 0 Å². The molecule has 7 nitrogen and oxygen atoms in total. The van der Waals surface area contributed by atoms with Crippen molar-refractivity contribution >= 4 is 21.8 Å². The van der Waals surface area contributed by atoms with Crippen LogP contribution in [0.3, 0.4) is 0 Å². The minimum absolute atomic E-state index is 0.134. The second kappa shape index (κ2) is 7.75. The number of carboxylic acid groups (broad SMARTS) is 2. The van der Waals surface area contributed by atoms with Crippen LogP contribution in [0.2, 0.25) is 0 Å². The molecule has 1 heterocycles. The van der Waals surface area contributed by atoms with Gasteiger partial charge >= 0.3 is 11.9 Å². The molecular weight excluding hydrogens is 298 g/mol. The molecule has 21 heavy (non-hydrogen) atoms. The molecule has 1 atom stereocenters. The van der Waals surface area contributed by atoms with Crippen LogP contribution < -0.4 is 5.32 Å². The van der Waals surface area contributed by atoms with E-state index in [0.29, 0.717) is 11.5 Å². The molecule has 2 rings (SSSR count).